The van der Waals surface area contributed by atoms with Gasteiger partial charge in [0.25, 0.3) is 5.76 Å². The van der Waals surface area contributed by atoms with E-state index in [0.717, 1.165) is 0 Å². The Morgan fingerprint density at radius 1 is 1.30 bits per heavy atom. The van der Waals surface area contributed by atoms with Gasteiger partial charge in [0.15, 0.2) is 17.3 Å². The van der Waals surface area contributed by atoms with Crippen molar-refractivity contribution in [3.63, 3.8) is 0 Å². The lowest BCUT2D eigenvalue weighted by Crippen LogP contribution is -1.97. The maximum atomic E-state index is 12.6. The number of thioether (sulfide) groups is 1. The summed E-state index contributed by atoms with van der Waals surface area (Å²) < 4.78 is 36.0. The van der Waals surface area contributed by atoms with Gasteiger partial charge in [0.05, 0.1) is 23.1 Å². The number of hydrogen-bond donors (Lipinski definition) is 1. The van der Waals surface area contributed by atoms with Gasteiger partial charge >= 0.3 is 0 Å². The average Bonchev–Trinajstić information content (AvgIpc) is 2.63. The van der Waals surface area contributed by atoms with Crippen LogP contribution in [0.3, 0.4) is 0 Å². The summed E-state index contributed by atoms with van der Waals surface area (Å²) in [5, 5.41) is 9.92. The molecule has 0 heterocycles. The van der Waals surface area contributed by atoms with Gasteiger partial charge in [-0.3, -0.25) is 4.79 Å². The summed E-state index contributed by atoms with van der Waals surface area (Å²) in [4.78, 5) is 12.7. The monoisotopic (exact) mass is 458 g/mol. The highest BCUT2D eigenvalue weighted by atomic mass is 79.9. The van der Waals surface area contributed by atoms with Crippen LogP contribution in [0.25, 0.3) is 6.08 Å². The Bertz CT molecular complexity index is 856. The highest BCUT2D eigenvalue weighted by molar-refractivity contribution is 9.10. The summed E-state index contributed by atoms with van der Waals surface area (Å²) in [5.74, 6) is -2.39. The minimum absolute atomic E-state index is 0.0165. The van der Waals surface area contributed by atoms with Gasteiger partial charge in [-0.1, -0.05) is 17.8 Å². The maximum Gasteiger partial charge on any atom is 0.289 e. The molecular weight excluding hydrogens is 442 g/mol. The molecule has 27 heavy (non-hydrogen) atoms. The molecule has 0 aliphatic carbocycles. The predicted molar refractivity (Wildman–Crippen MR) is 105 cm³/mol. The fraction of sp³-hybridized carbons (Fsp3) is 0.211. The van der Waals surface area contributed by atoms with E-state index in [2.05, 4.69) is 15.9 Å². The van der Waals surface area contributed by atoms with Crippen molar-refractivity contribution < 1.29 is 28.2 Å². The molecule has 2 rings (SSSR count). The maximum absolute atomic E-state index is 12.6. The van der Waals surface area contributed by atoms with Crippen LogP contribution in [-0.4, -0.2) is 30.4 Å². The quantitative estimate of drug-likeness (QED) is 0.309. The minimum atomic E-state index is -2.58. The number of alkyl halides is 2. The summed E-state index contributed by atoms with van der Waals surface area (Å²) in [7, 11) is 1.36. The number of phenols is 1. The molecule has 0 fully saturated rings. The predicted octanol–water partition coefficient (Wildman–Crippen LogP) is 5.77. The zero-order valence-electron chi connectivity index (χ0n) is 14.5. The van der Waals surface area contributed by atoms with Crippen LogP contribution >= 0.6 is 27.7 Å². The Labute approximate surface area is 168 Å². The Morgan fingerprint density at radius 3 is 2.67 bits per heavy atom. The molecule has 1 N–H and O–H groups in total. The van der Waals surface area contributed by atoms with Crippen LogP contribution in [0.4, 0.5) is 8.78 Å². The van der Waals surface area contributed by atoms with E-state index in [0.29, 0.717) is 39.7 Å². The van der Waals surface area contributed by atoms with Gasteiger partial charge < -0.3 is 14.6 Å². The fourth-order valence-electron chi connectivity index (χ4n) is 2.24. The lowest BCUT2D eigenvalue weighted by atomic mass is 10.1. The van der Waals surface area contributed by atoms with Crippen molar-refractivity contribution in [2.24, 2.45) is 0 Å². The first kappa shape index (κ1) is 21.2. The number of methoxy groups -OCH3 is 1. The number of carbonyl (C=O) groups is 1. The molecule has 144 valence electrons. The molecule has 0 bridgehead atoms. The van der Waals surface area contributed by atoms with Crippen LogP contribution in [0.5, 0.6) is 17.2 Å². The van der Waals surface area contributed by atoms with Crippen molar-refractivity contribution in [3.05, 3.63) is 52.0 Å². The molecule has 0 aliphatic rings. The summed E-state index contributed by atoms with van der Waals surface area (Å²) >= 11 is 3.60. The lowest BCUT2D eigenvalue weighted by Gasteiger charge is -2.09. The number of rotatable bonds is 8. The van der Waals surface area contributed by atoms with Crippen molar-refractivity contribution in [2.45, 2.75) is 17.6 Å². The molecule has 2 aromatic rings. The van der Waals surface area contributed by atoms with E-state index in [-0.39, 0.29) is 22.2 Å². The number of ether oxygens (including phenoxy) is 2. The van der Waals surface area contributed by atoms with Gasteiger partial charge in [-0.25, -0.2) is 0 Å². The molecule has 0 aliphatic heterocycles. The van der Waals surface area contributed by atoms with E-state index >= 15 is 0 Å². The number of benzene rings is 2. The zero-order chi connectivity index (χ0) is 20.0. The molecule has 0 amide bonds. The fourth-order valence-corrected chi connectivity index (χ4v) is 3.29. The van der Waals surface area contributed by atoms with Gasteiger partial charge in [0.2, 0.25) is 0 Å². The Hall–Kier alpha value is -2.06. The molecule has 0 spiro atoms. The van der Waals surface area contributed by atoms with Gasteiger partial charge in [0, 0.05) is 5.56 Å². The Kier molecular flexibility index (Phi) is 7.67. The number of halogens is 3. The number of phenolic OH excluding ortho intramolecular Hbond substituents is 1. The second-order valence-electron chi connectivity index (χ2n) is 5.22. The van der Waals surface area contributed by atoms with Crippen LogP contribution in [0.2, 0.25) is 0 Å². The first-order valence-corrected chi connectivity index (χ1v) is 9.53. The molecule has 8 heteroatoms. The Morgan fingerprint density at radius 2 is 2.04 bits per heavy atom. The molecule has 0 unspecified atom stereocenters. The van der Waals surface area contributed by atoms with E-state index in [1.54, 1.807) is 25.1 Å². The Balaban J connectivity index is 2.24. The van der Waals surface area contributed by atoms with Crippen LogP contribution in [0.15, 0.2) is 45.8 Å². The number of ketones is 1. The van der Waals surface area contributed by atoms with Crippen molar-refractivity contribution in [3.8, 4) is 17.2 Å². The average molecular weight is 459 g/mol. The second kappa shape index (κ2) is 9.75. The second-order valence-corrected chi connectivity index (χ2v) is 7.11. The van der Waals surface area contributed by atoms with Crippen molar-refractivity contribution in [1.29, 1.82) is 0 Å². The highest BCUT2D eigenvalue weighted by Crippen LogP contribution is 2.36. The first-order chi connectivity index (χ1) is 12.8. The van der Waals surface area contributed by atoms with Gasteiger partial charge in [-0.2, -0.15) is 8.78 Å². The van der Waals surface area contributed by atoms with E-state index in [1.165, 1.54) is 31.4 Å². The minimum Gasteiger partial charge on any atom is -0.503 e. The number of hydrogen-bond acceptors (Lipinski definition) is 5. The van der Waals surface area contributed by atoms with Crippen molar-refractivity contribution >= 4 is 39.6 Å². The zero-order valence-corrected chi connectivity index (χ0v) is 16.9. The molecule has 0 saturated heterocycles. The number of allylic oxidation sites excluding steroid dienone is 1. The van der Waals surface area contributed by atoms with Gasteiger partial charge in [0.1, 0.15) is 5.75 Å². The van der Waals surface area contributed by atoms with E-state index < -0.39 is 5.76 Å². The SMILES string of the molecule is CCOc1cc(/C=C/C(=O)c2ccc(SC(F)F)c(OC)c2)cc(Br)c1O. The third kappa shape index (κ3) is 5.71. The van der Waals surface area contributed by atoms with Crippen molar-refractivity contribution in [2.75, 3.05) is 13.7 Å². The van der Waals surface area contributed by atoms with Crippen LogP contribution in [-0.2, 0) is 0 Å². The molecule has 0 saturated carbocycles. The van der Waals surface area contributed by atoms with Gasteiger partial charge in [-0.05, 0) is 64.8 Å². The molecule has 0 aromatic heterocycles. The normalized spacial score (nSPS) is 11.2. The van der Waals surface area contributed by atoms with E-state index in [1.807, 2.05) is 0 Å². The smallest absolute Gasteiger partial charge is 0.289 e. The van der Waals surface area contributed by atoms with Crippen LogP contribution < -0.4 is 9.47 Å². The number of carbonyl (C=O) groups excluding carboxylic acids is 1. The topological polar surface area (TPSA) is 55.8 Å². The van der Waals surface area contributed by atoms with E-state index in [9.17, 15) is 18.7 Å². The highest BCUT2D eigenvalue weighted by Gasteiger charge is 2.13. The third-order valence-electron chi connectivity index (χ3n) is 3.44. The summed E-state index contributed by atoms with van der Waals surface area (Å²) in [5.41, 5.74) is 0.956. The summed E-state index contributed by atoms with van der Waals surface area (Å²) in [6.07, 6.45) is 2.92. The van der Waals surface area contributed by atoms with Crippen LogP contribution in [0, 0.1) is 0 Å². The van der Waals surface area contributed by atoms with Crippen molar-refractivity contribution in [1.82, 2.24) is 0 Å². The molecule has 4 nitrogen and oxygen atoms in total. The first-order valence-electron chi connectivity index (χ1n) is 7.86. The summed E-state index contributed by atoms with van der Waals surface area (Å²) in [6, 6.07) is 7.58. The number of aromatic hydroxyl groups is 1. The molecule has 2 aromatic carbocycles. The van der Waals surface area contributed by atoms with E-state index in [4.69, 9.17) is 9.47 Å². The molecule has 0 radical (unpaired) electrons. The lowest BCUT2D eigenvalue weighted by molar-refractivity contribution is 0.104. The third-order valence-corrected chi connectivity index (χ3v) is 4.82. The van der Waals surface area contributed by atoms with Crippen LogP contribution in [0.1, 0.15) is 22.8 Å². The largest absolute Gasteiger partial charge is 0.503 e. The summed E-state index contributed by atoms with van der Waals surface area (Å²) in [6.45, 7) is 2.18. The molecular formula is C19H17BrF2O4S. The molecule has 0 atom stereocenters. The standard InChI is InChI=1S/C19H17BrF2O4S/c1-3-26-16-9-11(8-13(20)18(16)24)4-6-14(23)12-5-7-17(27-19(21)22)15(10-12)25-2/h4-10,19,24H,3H2,1-2H3/b6-4+. The van der Waals surface area contributed by atoms with Gasteiger partial charge in [-0.15, -0.1) is 0 Å².